The van der Waals surface area contributed by atoms with E-state index in [1.807, 2.05) is 0 Å². The van der Waals surface area contributed by atoms with Crippen LogP contribution in [0.3, 0.4) is 0 Å². The van der Waals surface area contributed by atoms with Gasteiger partial charge < -0.3 is 0 Å². The average molecular weight is 327 g/mol. The molecule has 102 valence electrons. The highest BCUT2D eigenvalue weighted by atomic mass is 79.9. The van der Waals surface area contributed by atoms with Crippen LogP contribution >= 0.6 is 15.9 Å². The second-order valence-corrected chi connectivity index (χ2v) is 8.03. The minimum Gasteiger partial charge on any atom is -0.0836 e. The molecule has 0 N–H and O–H groups in total. The first-order valence-electron chi connectivity index (χ1n) is 7.98. The summed E-state index contributed by atoms with van der Waals surface area (Å²) in [5.41, 5.74) is 4.67. The molecule has 0 spiro atoms. The smallest absolute Gasteiger partial charge is 0.0429 e. The number of rotatable bonds is 2. The molecule has 0 heterocycles. The first kappa shape index (κ1) is 11.8. The van der Waals surface area contributed by atoms with Gasteiger partial charge in [-0.05, 0) is 77.3 Å². The van der Waals surface area contributed by atoms with Crippen LogP contribution in [0, 0.1) is 17.8 Å². The molecule has 3 aliphatic rings. The molecule has 20 heavy (non-hydrogen) atoms. The number of halogens is 1. The molecule has 3 atom stereocenters. The second-order valence-electron chi connectivity index (χ2n) is 7.04. The van der Waals surface area contributed by atoms with Crippen molar-refractivity contribution in [3.63, 3.8) is 0 Å². The van der Waals surface area contributed by atoms with Gasteiger partial charge in [0.05, 0.1) is 0 Å². The summed E-state index contributed by atoms with van der Waals surface area (Å²) in [7, 11) is 0. The number of aryl methyl sites for hydroxylation is 2. The van der Waals surface area contributed by atoms with E-state index in [0.717, 1.165) is 17.8 Å². The molecular formula is C19H19Br. The lowest BCUT2D eigenvalue weighted by molar-refractivity contribution is 0.483. The zero-order valence-electron chi connectivity index (χ0n) is 11.6. The van der Waals surface area contributed by atoms with Crippen LogP contribution in [0.25, 0.3) is 10.8 Å². The zero-order valence-corrected chi connectivity index (χ0v) is 13.2. The lowest BCUT2D eigenvalue weighted by atomic mass is 9.90. The fourth-order valence-corrected chi connectivity index (χ4v) is 5.60. The van der Waals surface area contributed by atoms with Gasteiger partial charge in [-0.2, -0.15) is 0 Å². The molecule has 3 aliphatic carbocycles. The molecule has 2 saturated carbocycles. The Hall–Kier alpha value is -0.820. The van der Waals surface area contributed by atoms with E-state index in [9.17, 15) is 0 Å². The van der Waals surface area contributed by atoms with E-state index in [1.165, 1.54) is 37.5 Å². The van der Waals surface area contributed by atoms with Crippen LogP contribution in [0.2, 0.25) is 0 Å². The first-order valence-corrected chi connectivity index (χ1v) is 8.90. The van der Waals surface area contributed by atoms with E-state index < -0.39 is 0 Å². The average Bonchev–Trinajstić information content (AvgIpc) is 2.90. The lowest BCUT2D eigenvalue weighted by Crippen LogP contribution is -2.06. The van der Waals surface area contributed by atoms with Gasteiger partial charge in [0.15, 0.2) is 0 Å². The molecule has 0 aliphatic heterocycles. The van der Waals surface area contributed by atoms with Gasteiger partial charge >= 0.3 is 0 Å². The Morgan fingerprint density at radius 2 is 1.65 bits per heavy atom. The van der Waals surface area contributed by atoms with E-state index in [2.05, 4.69) is 46.3 Å². The minimum atomic E-state index is 0.556. The lowest BCUT2D eigenvalue weighted by Gasteiger charge is -2.21. The Kier molecular flexibility index (Phi) is 2.42. The summed E-state index contributed by atoms with van der Waals surface area (Å²) in [5, 5.41) is 3.08. The van der Waals surface area contributed by atoms with E-state index in [-0.39, 0.29) is 0 Å². The summed E-state index contributed by atoms with van der Waals surface area (Å²) in [6, 6.07) is 11.7. The normalized spacial score (nSPS) is 31.6. The third kappa shape index (κ3) is 1.59. The highest BCUT2D eigenvalue weighted by molar-refractivity contribution is 9.09. The van der Waals surface area contributed by atoms with Crippen molar-refractivity contribution < 1.29 is 0 Å². The Bertz CT molecular complexity index is 682. The highest BCUT2D eigenvalue weighted by Crippen LogP contribution is 2.59. The van der Waals surface area contributed by atoms with Crippen molar-refractivity contribution >= 4 is 26.7 Å². The highest BCUT2D eigenvalue weighted by Gasteiger charge is 2.47. The fourth-order valence-electron chi connectivity index (χ4n) is 4.76. The molecule has 2 aromatic rings. The van der Waals surface area contributed by atoms with Gasteiger partial charge in [-0.3, -0.25) is 0 Å². The van der Waals surface area contributed by atoms with Gasteiger partial charge in [0, 0.05) is 4.83 Å². The fraction of sp³-hybridized carbons (Fsp3) is 0.474. The van der Waals surface area contributed by atoms with Gasteiger partial charge in [-0.1, -0.05) is 46.3 Å². The van der Waals surface area contributed by atoms with Crippen molar-refractivity contribution in [3.8, 4) is 0 Å². The van der Waals surface area contributed by atoms with Crippen molar-refractivity contribution in [1.82, 2.24) is 0 Å². The van der Waals surface area contributed by atoms with Crippen LogP contribution in [0.5, 0.6) is 0 Å². The monoisotopic (exact) mass is 326 g/mol. The van der Waals surface area contributed by atoms with Crippen LogP contribution in [-0.4, -0.2) is 0 Å². The molecule has 2 fully saturated rings. The molecule has 0 radical (unpaired) electrons. The third-order valence-electron chi connectivity index (χ3n) is 5.90. The predicted molar refractivity (Wildman–Crippen MR) is 87.3 cm³/mol. The summed E-state index contributed by atoms with van der Waals surface area (Å²) < 4.78 is 0. The Morgan fingerprint density at radius 3 is 2.45 bits per heavy atom. The molecule has 0 saturated heterocycles. The SMILES string of the molecule is BrC(c1ccc2c3c(cccc13)CC2)C1CC2CC2C1. The standard InChI is InChI=1S/C19H19Br/c20-19(15-9-13-8-14(13)10-15)17-7-6-12-5-4-11-2-1-3-16(17)18(11)12/h1-3,6-7,13-15,19H,4-5,8-10H2. The molecule has 3 unspecified atom stereocenters. The van der Waals surface area contributed by atoms with Gasteiger partial charge in [-0.25, -0.2) is 0 Å². The summed E-state index contributed by atoms with van der Waals surface area (Å²) >= 11 is 4.05. The largest absolute Gasteiger partial charge is 0.0836 e. The van der Waals surface area contributed by atoms with Crippen molar-refractivity contribution in [3.05, 3.63) is 47.0 Å². The maximum Gasteiger partial charge on any atom is 0.0429 e. The number of alkyl halides is 1. The van der Waals surface area contributed by atoms with E-state index in [1.54, 1.807) is 22.1 Å². The van der Waals surface area contributed by atoms with E-state index in [4.69, 9.17) is 0 Å². The van der Waals surface area contributed by atoms with Crippen LogP contribution in [0.4, 0.5) is 0 Å². The third-order valence-corrected chi connectivity index (χ3v) is 7.14. The molecule has 0 bridgehead atoms. The minimum absolute atomic E-state index is 0.556. The van der Waals surface area contributed by atoms with Crippen LogP contribution in [-0.2, 0) is 12.8 Å². The molecule has 1 heteroatoms. The quantitative estimate of drug-likeness (QED) is 0.646. The number of benzene rings is 2. The van der Waals surface area contributed by atoms with Crippen LogP contribution in [0.15, 0.2) is 30.3 Å². The van der Waals surface area contributed by atoms with Gasteiger partial charge in [0.25, 0.3) is 0 Å². The van der Waals surface area contributed by atoms with Crippen LogP contribution in [0.1, 0.15) is 40.8 Å². The molecule has 2 aromatic carbocycles. The molecule has 5 rings (SSSR count). The Balaban J connectivity index is 1.62. The van der Waals surface area contributed by atoms with Crippen molar-refractivity contribution in [2.45, 2.75) is 36.9 Å². The van der Waals surface area contributed by atoms with Crippen molar-refractivity contribution in [2.24, 2.45) is 17.8 Å². The second kappa shape index (κ2) is 4.10. The number of hydrogen-bond donors (Lipinski definition) is 0. The van der Waals surface area contributed by atoms with Gasteiger partial charge in [0.2, 0.25) is 0 Å². The maximum atomic E-state index is 4.05. The van der Waals surface area contributed by atoms with Gasteiger partial charge in [-0.15, -0.1) is 0 Å². The van der Waals surface area contributed by atoms with E-state index in [0.29, 0.717) is 4.83 Å². The number of fused-ring (bicyclic) bond motifs is 1. The predicted octanol–water partition coefficient (Wildman–Crippen LogP) is 5.42. The summed E-state index contributed by atoms with van der Waals surface area (Å²) in [6.07, 6.45) is 6.88. The summed E-state index contributed by atoms with van der Waals surface area (Å²) in [6.45, 7) is 0. The molecule has 0 nitrogen and oxygen atoms in total. The molecular weight excluding hydrogens is 308 g/mol. The molecule has 0 aromatic heterocycles. The topological polar surface area (TPSA) is 0 Å². The van der Waals surface area contributed by atoms with Gasteiger partial charge in [0.1, 0.15) is 0 Å². The zero-order chi connectivity index (χ0) is 13.3. The Morgan fingerprint density at radius 1 is 0.900 bits per heavy atom. The maximum absolute atomic E-state index is 4.05. The summed E-state index contributed by atoms with van der Waals surface area (Å²) in [4.78, 5) is 0.556. The van der Waals surface area contributed by atoms with Crippen LogP contribution < -0.4 is 0 Å². The summed E-state index contributed by atoms with van der Waals surface area (Å²) in [5.74, 6) is 2.99. The number of hydrogen-bond acceptors (Lipinski definition) is 0. The van der Waals surface area contributed by atoms with Crippen molar-refractivity contribution in [2.75, 3.05) is 0 Å². The van der Waals surface area contributed by atoms with Crippen molar-refractivity contribution in [1.29, 1.82) is 0 Å². The first-order chi connectivity index (χ1) is 9.81. The Labute approximate surface area is 128 Å². The van der Waals surface area contributed by atoms with E-state index >= 15 is 0 Å². The molecule has 0 amide bonds.